The molecule has 0 spiro atoms. The SMILES string of the molecule is NC1(C(=O)O)C=c2cc(Cl)ccc2=CC1O. The summed E-state index contributed by atoms with van der Waals surface area (Å²) in [6.07, 6.45) is 1.49. The molecule has 4 N–H and O–H groups in total. The second-order valence-corrected chi connectivity index (χ2v) is 4.20. The molecule has 4 nitrogen and oxygen atoms in total. The van der Waals surface area contributed by atoms with Gasteiger partial charge in [-0.2, -0.15) is 0 Å². The highest BCUT2D eigenvalue weighted by molar-refractivity contribution is 6.30. The lowest BCUT2D eigenvalue weighted by atomic mass is 9.87. The number of carboxylic acids is 1. The summed E-state index contributed by atoms with van der Waals surface area (Å²) < 4.78 is 0. The van der Waals surface area contributed by atoms with E-state index in [0.717, 1.165) is 5.22 Å². The Morgan fingerprint density at radius 1 is 1.44 bits per heavy atom. The lowest BCUT2D eigenvalue weighted by molar-refractivity contribution is -0.143. The fraction of sp³-hybridized carbons (Fsp3) is 0.182. The van der Waals surface area contributed by atoms with E-state index in [4.69, 9.17) is 22.4 Å². The van der Waals surface area contributed by atoms with E-state index in [0.29, 0.717) is 10.2 Å². The highest BCUT2D eigenvalue weighted by Gasteiger charge is 2.39. The Morgan fingerprint density at radius 3 is 2.75 bits per heavy atom. The van der Waals surface area contributed by atoms with Gasteiger partial charge in [0.15, 0.2) is 5.54 Å². The molecule has 1 aromatic rings. The van der Waals surface area contributed by atoms with Gasteiger partial charge < -0.3 is 15.9 Å². The fourth-order valence-corrected chi connectivity index (χ4v) is 1.84. The quantitative estimate of drug-likeness (QED) is 0.591. The first-order valence-corrected chi connectivity index (χ1v) is 5.02. The number of hydrogen-bond acceptors (Lipinski definition) is 3. The number of carboxylic acid groups (broad SMARTS) is 1. The molecule has 0 fully saturated rings. The molecule has 0 heterocycles. The third-order valence-electron chi connectivity index (χ3n) is 2.64. The van der Waals surface area contributed by atoms with E-state index in [1.165, 1.54) is 12.2 Å². The van der Waals surface area contributed by atoms with Gasteiger partial charge in [-0.3, -0.25) is 0 Å². The minimum atomic E-state index is -1.79. The van der Waals surface area contributed by atoms with Crippen LogP contribution in [0.4, 0.5) is 0 Å². The topological polar surface area (TPSA) is 83.6 Å². The number of carbonyl (C=O) groups is 1. The van der Waals surface area contributed by atoms with Crippen LogP contribution in [0.25, 0.3) is 12.2 Å². The molecule has 0 aliphatic heterocycles. The molecule has 0 radical (unpaired) electrons. The maximum Gasteiger partial charge on any atom is 0.330 e. The number of benzene rings is 1. The number of hydrogen-bond donors (Lipinski definition) is 3. The number of rotatable bonds is 1. The van der Waals surface area contributed by atoms with E-state index < -0.39 is 17.6 Å². The molecule has 84 valence electrons. The molecule has 5 heteroatoms. The van der Waals surface area contributed by atoms with Gasteiger partial charge in [-0.1, -0.05) is 17.7 Å². The second-order valence-electron chi connectivity index (χ2n) is 3.77. The summed E-state index contributed by atoms with van der Waals surface area (Å²) in [5.74, 6) is -1.28. The molecule has 0 bridgehead atoms. The Bertz CT molecular complexity index is 569. The fourth-order valence-electron chi connectivity index (χ4n) is 1.66. The summed E-state index contributed by atoms with van der Waals surface area (Å²) in [4.78, 5) is 11.0. The van der Waals surface area contributed by atoms with E-state index in [2.05, 4.69) is 0 Å². The number of aliphatic hydroxyl groups excluding tert-OH is 1. The Labute approximate surface area is 96.3 Å². The summed E-state index contributed by atoms with van der Waals surface area (Å²) in [7, 11) is 0. The first-order valence-electron chi connectivity index (χ1n) is 4.64. The zero-order chi connectivity index (χ0) is 11.9. The summed E-state index contributed by atoms with van der Waals surface area (Å²) in [5.41, 5.74) is 3.84. The van der Waals surface area contributed by atoms with Crippen molar-refractivity contribution in [3.8, 4) is 0 Å². The maximum atomic E-state index is 11.0. The molecule has 0 amide bonds. The molecule has 2 atom stereocenters. The second kappa shape index (κ2) is 3.59. The third kappa shape index (κ3) is 1.61. The van der Waals surface area contributed by atoms with Gasteiger partial charge in [0.2, 0.25) is 0 Å². The molecule has 2 rings (SSSR count). The minimum Gasteiger partial charge on any atom is -0.480 e. The zero-order valence-corrected chi connectivity index (χ0v) is 8.98. The van der Waals surface area contributed by atoms with Gasteiger partial charge in [0.1, 0.15) is 6.10 Å². The van der Waals surface area contributed by atoms with Gasteiger partial charge in [-0.05, 0) is 34.7 Å². The maximum absolute atomic E-state index is 11.0. The van der Waals surface area contributed by atoms with E-state index in [-0.39, 0.29) is 0 Å². The zero-order valence-electron chi connectivity index (χ0n) is 8.22. The number of aliphatic carboxylic acids is 1. The van der Waals surface area contributed by atoms with Crippen molar-refractivity contribution in [1.29, 1.82) is 0 Å². The van der Waals surface area contributed by atoms with Crippen molar-refractivity contribution in [2.45, 2.75) is 11.6 Å². The van der Waals surface area contributed by atoms with Crippen LogP contribution in [-0.4, -0.2) is 27.8 Å². The predicted molar refractivity (Wildman–Crippen MR) is 60.2 cm³/mol. The number of aliphatic hydroxyl groups is 1. The Hall–Kier alpha value is -1.36. The Balaban J connectivity index is 2.73. The van der Waals surface area contributed by atoms with Crippen LogP contribution in [0.15, 0.2) is 18.2 Å². The van der Waals surface area contributed by atoms with Gasteiger partial charge in [-0.25, -0.2) is 4.79 Å². The van der Waals surface area contributed by atoms with Crippen LogP contribution in [0.2, 0.25) is 5.02 Å². The Morgan fingerprint density at radius 2 is 2.12 bits per heavy atom. The van der Waals surface area contributed by atoms with Gasteiger partial charge in [-0.15, -0.1) is 0 Å². The van der Waals surface area contributed by atoms with Crippen molar-refractivity contribution in [1.82, 2.24) is 0 Å². The largest absolute Gasteiger partial charge is 0.480 e. The van der Waals surface area contributed by atoms with Crippen LogP contribution < -0.4 is 16.2 Å². The molecule has 16 heavy (non-hydrogen) atoms. The van der Waals surface area contributed by atoms with Crippen molar-refractivity contribution < 1.29 is 15.0 Å². The summed E-state index contributed by atoms with van der Waals surface area (Å²) in [6, 6.07) is 4.99. The highest BCUT2D eigenvalue weighted by atomic mass is 35.5. The van der Waals surface area contributed by atoms with Gasteiger partial charge in [0.25, 0.3) is 0 Å². The van der Waals surface area contributed by atoms with E-state index in [1.54, 1.807) is 18.2 Å². The van der Waals surface area contributed by atoms with Crippen LogP contribution in [0, 0.1) is 0 Å². The Kier molecular flexibility index (Phi) is 2.50. The van der Waals surface area contributed by atoms with Gasteiger partial charge >= 0.3 is 5.97 Å². The third-order valence-corrected chi connectivity index (χ3v) is 2.88. The van der Waals surface area contributed by atoms with Crippen LogP contribution in [0.1, 0.15) is 0 Å². The summed E-state index contributed by atoms with van der Waals surface area (Å²) in [6.45, 7) is 0. The minimum absolute atomic E-state index is 0.493. The number of halogens is 1. The standard InChI is InChI=1S/C11H10ClNO3/c12-8-2-1-6-4-9(14)11(13,10(15)16)5-7(6)3-8/h1-5,9,14H,13H2,(H,15,16). The smallest absolute Gasteiger partial charge is 0.330 e. The van der Waals surface area contributed by atoms with Crippen molar-refractivity contribution in [3.05, 3.63) is 33.7 Å². The molecule has 1 aliphatic rings. The van der Waals surface area contributed by atoms with Crippen molar-refractivity contribution in [3.63, 3.8) is 0 Å². The van der Waals surface area contributed by atoms with Crippen LogP contribution in [0.3, 0.4) is 0 Å². The molecule has 1 aromatic carbocycles. The molecule has 0 saturated heterocycles. The van der Waals surface area contributed by atoms with Gasteiger partial charge in [0.05, 0.1) is 0 Å². The summed E-state index contributed by atoms with van der Waals surface area (Å²) in [5, 5.41) is 20.5. The molecule has 1 aliphatic carbocycles. The van der Waals surface area contributed by atoms with Crippen LogP contribution in [0.5, 0.6) is 0 Å². The van der Waals surface area contributed by atoms with Crippen LogP contribution >= 0.6 is 11.6 Å². The van der Waals surface area contributed by atoms with Crippen molar-refractivity contribution in [2.24, 2.45) is 5.73 Å². The normalized spacial score (nSPS) is 27.6. The van der Waals surface area contributed by atoms with Crippen molar-refractivity contribution in [2.75, 3.05) is 0 Å². The lowest BCUT2D eigenvalue weighted by Crippen LogP contribution is -2.59. The molecule has 0 saturated carbocycles. The molecule has 2 unspecified atom stereocenters. The average molecular weight is 240 g/mol. The molecular formula is C11H10ClNO3. The van der Waals surface area contributed by atoms with Crippen molar-refractivity contribution >= 4 is 29.7 Å². The average Bonchev–Trinajstić information content (AvgIpc) is 2.20. The first kappa shape index (κ1) is 11.1. The number of fused-ring (bicyclic) bond motifs is 1. The lowest BCUT2D eigenvalue weighted by Gasteiger charge is -2.27. The van der Waals surface area contributed by atoms with E-state index >= 15 is 0 Å². The molecular weight excluding hydrogens is 230 g/mol. The summed E-state index contributed by atoms with van der Waals surface area (Å²) >= 11 is 5.80. The monoisotopic (exact) mass is 239 g/mol. The van der Waals surface area contributed by atoms with Gasteiger partial charge in [0, 0.05) is 5.02 Å². The predicted octanol–water partition coefficient (Wildman–Crippen LogP) is -0.942. The van der Waals surface area contributed by atoms with E-state index in [9.17, 15) is 9.90 Å². The molecule has 0 aromatic heterocycles. The van der Waals surface area contributed by atoms with Crippen LogP contribution in [-0.2, 0) is 4.79 Å². The number of nitrogens with two attached hydrogens (primary N) is 1. The van der Waals surface area contributed by atoms with E-state index in [1.807, 2.05) is 0 Å². The first-order chi connectivity index (χ1) is 7.43. The highest BCUT2D eigenvalue weighted by Crippen LogP contribution is 2.14.